The van der Waals surface area contributed by atoms with E-state index in [4.69, 9.17) is 0 Å². The number of benzene rings is 1. The number of rotatable bonds is 5. The summed E-state index contributed by atoms with van der Waals surface area (Å²) in [6.45, 7) is 2.96. The molecule has 5 nitrogen and oxygen atoms in total. The molecule has 1 atom stereocenters. The van der Waals surface area contributed by atoms with E-state index in [1.165, 1.54) is 0 Å². The molecule has 3 aromatic rings. The largest absolute Gasteiger partial charge is 0.309 e. The topological polar surface area (TPSA) is 47.7 Å². The summed E-state index contributed by atoms with van der Waals surface area (Å²) in [7, 11) is 1.95. The lowest BCUT2D eigenvalue weighted by atomic mass is 10.1. The molecular formula is C16H19N5. The summed E-state index contributed by atoms with van der Waals surface area (Å²) in [6, 6.07) is 10.2. The summed E-state index contributed by atoms with van der Waals surface area (Å²) in [6.07, 6.45) is 7.93. The van der Waals surface area contributed by atoms with Gasteiger partial charge in [-0.3, -0.25) is 4.68 Å². The van der Waals surface area contributed by atoms with Crippen molar-refractivity contribution in [3.05, 3.63) is 66.2 Å². The van der Waals surface area contributed by atoms with Crippen LogP contribution in [0.1, 0.15) is 24.1 Å². The summed E-state index contributed by atoms with van der Waals surface area (Å²) >= 11 is 0. The van der Waals surface area contributed by atoms with Crippen LogP contribution in [-0.4, -0.2) is 26.6 Å². The Bertz CT molecular complexity index is 698. The Labute approximate surface area is 124 Å². The molecular weight excluding hydrogens is 262 g/mol. The molecule has 1 unspecified atom stereocenters. The summed E-state index contributed by atoms with van der Waals surface area (Å²) < 4.78 is 3.82. The van der Waals surface area contributed by atoms with Crippen LogP contribution >= 0.6 is 0 Å². The van der Waals surface area contributed by atoms with Crippen molar-refractivity contribution in [3.63, 3.8) is 0 Å². The van der Waals surface area contributed by atoms with Gasteiger partial charge in [0.25, 0.3) is 0 Å². The number of aromatic nitrogens is 4. The van der Waals surface area contributed by atoms with Gasteiger partial charge in [-0.25, -0.2) is 4.68 Å². The summed E-state index contributed by atoms with van der Waals surface area (Å²) in [4.78, 5) is 0. The molecule has 5 heteroatoms. The van der Waals surface area contributed by atoms with Crippen LogP contribution in [0.25, 0.3) is 5.69 Å². The van der Waals surface area contributed by atoms with E-state index in [0.29, 0.717) is 0 Å². The van der Waals surface area contributed by atoms with Gasteiger partial charge in [0.1, 0.15) is 0 Å². The predicted molar refractivity (Wildman–Crippen MR) is 82.4 cm³/mol. The molecule has 0 amide bonds. The minimum absolute atomic E-state index is 0.0998. The molecule has 2 heterocycles. The van der Waals surface area contributed by atoms with E-state index in [1.807, 2.05) is 59.1 Å². The lowest BCUT2D eigenvalue weighted by molar-refractivity contribution is 0.653. The zero-order valence-electron chi connectivity index (χ0n) is 12.3. The first-order valence-electron chi connectivity index (χ1n) is 7.11. The minimum Gasteiger partial charge on any atom is -0.309 e. The second-order valence-corrected chi connectivity index (χ2v) is 4.90. The molecule has 0 aliphatic rings. The Kier molecular flexibility index (Phi) is 3.83. The van der Waals surface area contributed by atoms with Crippen molar-refractivity contribution in [2.45, 2.75) is 19.5 Å². The van der Waals surface area contributed by atoms with Gasteiger partial charge in [-0.1, -0.05) is 18.2 Å². The molecule has 0 bridgehead atoms. The predicted octanol–water partition coefficient (Wildman–Crippen LogP) is 2.40. The third-order valence-corrected chi connectivity index (χ3v) is 3.56. The monoisotopic (exact) mass is 281 g/mol. The van der Waals surface area contributed by atoms with E-state index in [1.54, 1.807) is 0 Å². The first kappa shape index (κ1) is 13.6. The SMILES string of the molecule is CCn1cc(C(NC)c2cnn(-c3ccccc3)c2)cn1. The molecule has 0 saturated carbocycles. The van der Waals surface area contributed by atoms with Crippen molar-refractivity contribution < 1.29 is 0 Å². The number of hydrogen-bond acceptors (Lipinski definition) is 3. The number of para-hydroxylation sites is 1. The maximum Gasteiger partial charge on any atom is 0.0645 e. The van der Waals surface area contributed by atoms with Crippen molar-refractivity contribution in [1.29, 1.82) is 0 Å². The fourth-order valence-electron chi connectivity index (χ4n) is 2.44. The van der Waals surface area contributed by atoms with Crippen molar-refractivity contribution in [1.82, 2.24) is 24.9 Å². The van der Waals surface area contributed by atoms with Gasteiger partial charge in [-0.05, 0) is 26.1 Å². The average Bonchev–Trinajstić information content (AvgIpc) is 3.19. The molecule has 0 fully saturated rings. The number of aryl methyl sites for hydroxylation is 1. The van der Waals surface area contributed by atoms with Crippen molar-refractivity contribution in [3.8, 4) is 5.69 Å². The lowest BCUT2D eigenvalue weighted by Gasteiger charge is -2.11. The van der Waals surface area contributed by atoms with E-state index >= 15 is 0 Å². The fourth-order valence-corrected chi connectivity index (χ4v) is 2.44. The molecule has 3 rings (SSSR count). The lowest BCUT2D eigenvalue weighted by Crippen LogP contribution is -2.16. The number of nitrogens with one attached hydrogen (secondary N) is 1. The highest BCUT2D eigenvalue weighted by Crippen LogP contribution is 2.21. The smallest absolute Gasteiger partial charge is 0.0645 e. The first-order chi connectivity index (χ1) is 10.3. The van der Waals surface area contributed by atoms with Gasteiger partial charge < -0.3 is 5.32 Å². The van der Waals surface area contributed by atoms with Crippen molar-refractivity contribution >= 4 is 0 Å². The molecule has 1 aromatic carbocycles. The zero-order valence-corrected chi connectivity index (χ0v) is 12.3. The van der Waals surface area contributed by atoms with E-state index in [2.05, 4.69) is 34.8 Å². The van der Waals surface area contributed by atoms with Crippen LogP contribution in [0.3, 0.4) is 0 Å². The molecule has 2 aromatic heterocycles. The maximum absolute atomic E-state index is 4.46. The summed E-state index contributed by atoms with van der Waals surface area (Å²) in [5.41, 5.74) is 3.33. The second kappa shape index (κ2) is 5.93. The van der Waals surface area contributed by atoms with Crippen LogP contribution in [0.2, 0.25) is 0 Å². The van der Waals surface area contributed by atoms with E-state index in [0.717, 1.165) is 23.4 Å². The highest BCUT2D eigenvalue weighted by molar-refractivity contribution is 5.33. The molecule has 0 spiro atoms. The van der Waals surface area contributed by atoms with Crippen LogP contribution in [0, 0.1) is 0 Å². The third-order valence-electron chi connectivity index (χ3n) is 3.56. The fraction of sp³-hybridized carbons (Fsp3) is 0.250. The molecule has 0 radical (unpaired) electrons. The number of hydrogen-bond donors (Lipinski definition) is 1. The van der Waals surface area contributed by atoms with E-state index < -0.39 is 0 Å². The minimum atomic E-state index is 0.0998. The van der Waals surface area contributed by atoms with Gasteiger partial charge in [0.15, 0.2) is 0 Å². The molecule has 108 valence electrons. The Balaban J connectivity index is 1.90. The maximum atomic E-state index is 4.46. The Morgan fingerprint density at radius 1 is 1.05 bits per heavy atom. The Hall–Kier alpha value is -2.40. The van der Waals surface area contributed by atoms with Gasteiger partial charge in [-0.2, -0.15) is 10.2 Å². The van der Waals surface area contributed by atoms with Gasteiger partial charge >= 0.3 is 0 Å². The van der Waals surface area contributed by atoms with Crippen molar-refractivity contribution in [2.75, 3.05) is 7.05 Å². The average molecular weight is 281 g/mol. The van der Waals surface area contributed by atoms with Crippen LogP contribution in [0.4, 0.5) is 0 Å². The molecule has 0 saturated heterocycles. The molecule has 1 N–H and O–H groups in total. The normalized spacial score (nSPS) is 12.5. The van der Waals surface area contributed by atoms with Crippen LogP contribution in [0.15, 0.2) is 55.1 Å². The standard InChI is InChI=1S/C16H19N5/c1-3-20-11-13(9-18-20)16(17-2)14-10-19-21(12-14)15-7-5-4-6-8-15/h4-12,16-17H,3H2,1-2H3. The Morgan fingerprint density at radius 2 is 1.76 bits per heavy atom. The van der Waals surface area contributed by atoms with E-state index in [-0.39, 0.29) is 6.04 Å². The molecule has 0 aliphatic carbocycles. The van der Waals surface area contributed by atoms with Crippen LogP contribution in [-0.2, 0) is 6.54 Å². The van der Waals surface area contributed by atoms with Gasteiger partial charge in [0.05, 0.1) is 24.1 Å². The summed E-state index contributed by atoms with van der Waals surface area (Å²) in [5, 5.41) is 12.1. The molecule has 0 aliphatic heterocycles. The Morgan fingerprint density at radius 3 is 2.43 bits per heavy atom. The molecule has 21 heavy (non-hydrogen) atoms. The van der Waals surface area contributed by atoms with E-state index in [9.17, 15) is 0 Å². The van der Waals surface area contributed by atoms with Crippen molar-refractivity contribution in [2.24, 2.45) is 0 Å². The van der Waals surface area contributed by atoms with Crippen LogP contribution < -0.4 is 5.32 Å². The van der Waals surface area contributed by atoms with Gasteiger partial charge in [-0.15, -0.1) is 0 Å². The first-order valence-corrected chi connectivity index (χ1v) is 7.11. The zero-order chi connectivity index (χ0) is 14.7. The van der Waals surface area contributed by atoms with Gasteiger partial charge in [0.2, 0.25) is 0 Å². The quantitative estimate of drug-likeness (QED) is 0.781. The highest BCUT2D eigenvalue weighted by Gasteiger charge is 2.16. The third kappa shape index (κ3) is 2.73. The highest BCUT2D eigenvalue weighted by atomic mass is 15.3. The second-order valence-electron chi connectivity index (χ2n) is 4.90. The van der Waals surface area contributed by atoms with Gasteiger partial charge in [0, 0.05) is 30.1 Å². The van der Waals surface area contributed by atoms with Crippen LogP contribution in [0.5, 0.6) is 0 Å². The number of nitrogens with zero attached hydrogens (tertiary/aromatic N) is 4. The summed E-state index contributed by atoms with van der Waals surface area (Å²) in [5.74, 6) is 0.